The Balaban J connectivity index is 4.33. The summed E-state index contributed by atoms with van der Waals surface area (Å²) in [7, 11) is 1.11. The van der Waals surface area contributed by atoms with Gasteiger partial charge in [0.05, 0.1) is 7.11 Å². The summed E-state index contributed by atoms with van der Waals surface area (Å²) in [5, 5.41) is -0.0440. The minimum Gasteiger partial charge on any atom is -0.465 e. The van der Waals surface area contributed by atoms with E-state index in [1.807, 2.05) is 0 Å². The fraction of sp³-hybridized carbons (Fsp3) is 0.556. The largest absolute Gasteiger partial charge is 0.465 e. The monoisotopic (exact) mass is 240 g/mol. The van der Waals surface area contributed by atoms with E-state index in [0.717, 1.165) is 7.11 Å². The molecule has 0 heterocycles. The van der Waals surface area contributed by atoms with Crippen molar-refractivity contribution in [1.82, 2.24) is 0 Å². The molecule has 0 amide bonds. The van der Waals surface area contributed by atoms with Crippen molar-refractivity contribution in [3.8, 4) is 0 Å². The molecule has 0 radical (unpaired) electrons. The fourth-order valence-electron chi connectivity index (χ4n) is 0.879. The lowest BCUT2D eigenvalue weighted by Gasteiger charge is -2.03. The van der Waals surface area contributed by atoms with E-state index in [1.54, 1.807) is 0 Å². The van der Waals surface area contributed by atoms with Gasteiger partial charge >= 0.3 is 5.97 Å². The first-order valence-electron chi connectivity index (χ1n) is 4.23. The van der Waals surface area contributed by atoms with Gasteiger partial charge in [0, 0.05) is 11.5 Å². The van der Waals surface area contributed by atoms with Crippen LogP contribution in [0.4, 0.5) is 8.78 Å². The van der Waals surface area contributed by atoms with E-state index in [-0.39, 0.29) is 36.2 Å². The summed E-state index contributed by atoms with van der Waals surface area (Å²) in [5.74, 6) is -0.855. The lowest BCUT2D eigenvalue weighted by Crippen LogP contribution is -2.07. The maximum absolute atomic E-state index is 11.8. The number of esters is 1. The van der Waals surface area contributed by atoms with Gasteiger partial charge < -0.3 is 4.74 Å². The average molecular weight is 241 g/mol. The number of carbonyl (C=O) groups is 2. The summed E-state index contributed by atoms with van der Waals surface area (Å²) in [6, 6.07) is 0. The number of alkyl halides is 2. The molecule has 0 spiro atoms. The number of ether oxygens (including phenoxy) is 1. The van der Waals surface area contributed by atoms with E-state index < -0.39 is 12.4 Å². The first-order valence-corrected chi connectivity index (χ1v) is 4.61. The molecule has 0 saturated heterocycles. The van der Waals surface area contributed by atoms with Gasteiger partial charge in [-0.15, -0.1) is 0 Å². The van der Waals surface area contributed by atoms with Gasteiger partial charge in [0.1, 0.15) is 5.57 Å². The summed E-state index contributed by atoms with van der Waals surface area (Å²) in [4.78, 5) is 21.4. The zero-order valence-corrected chi connectivity index (χ0v) is 8.89. The van der Waals surface area contributed by atoms with Crippen LogP contribution in [0.2, 0.25) is 0 Å². The Hall–Kier alpha value is -0.970. The molecule has 0 saturated carbocycles. The van der Waals surface area contributed by atoms with Crippen molar-refractivity contribution in [2.45, 2.75) is 25.7 Å². The third-order valence-corrected chi connectivity index (χ3v) is 2.03. The third kappa shape index (κ3) is 5.47. The predicted octanol–water partition coefficient (Wildman–Crippen LogP) is 2.29. The minimum atomic E-state index is -2.41. The summed E-state index contributed by atoms with van der Waals surface area (Å²) in [5.41, 5.74) is -0.312. The van der Waals surface area contributed by atoms with Gasteiger partial charge in [-0.05, 0) is 12.8 Å². The number of aldehydes is 1. The van der Waals surface area contributed by atoms with Crippen LogP contribution in [0.15, 0.2) is 10.6 Å². The predicted molar refractivity (Wildman–Crippen MR) is 50.8 cm³/mol. The molecule has 0 fully saturated rings. The van der Waals surface area contributed by atoms with Gasteiger partial charge in [0.15, 0.2) is 6.29 Å². The van der Waals surface area contributed by atoms with E-state index in [9.17, 15) is 18.4 Å². The molecule has 0 aliphatic carbocycles. The van der Waals surface area contributed by atoms with Crippen LogP contribution in [0, 0.1) is 0 Å². The van der Waals surface area contributed by atoms with Gasteiger partial charge in [-0.3, -0.25) is 4.79 Å². The number of rotatable bonds is 6. The van der Waals surface area contributed by atoms with Gasteiger partial charge in [0.2, 0.25) is 6.43 Å². The Kier molecular flexibility index (Phi) is 6.86. The Morgan fingerprint density at radius 1 is 1.53 bits per heavy atom. The van der Waals surface area contributed by atoms with E-state index in [4.69, 9.17) is 11.6 Å². The highest BCUT2D eigenvalue weighted by Gasteiger charge is 2.14. The number of carbonyl (C=O) groups excluding carboxylic acids is 2. The number of halogens is 3. The molecule has 86 valence electrons. The number of hydrogen-bond acceptors (Lipinski definition) is 3. The molecule has 0 aromatic heterocycles. The smallest absolute Gasteiger partial charge is 0.342 e. The van der Waals surface area contributed by atoms with Gasteiger partial charge in [-0.25, -0.2) is 13.6 Å². The standard InChI is InChI=1S/C9H11ClF2O3/c1-15-9(14)6(5-13)7(10)3-2-4-8(11)12/h5,8H,2-4H2,1H3/b7-6-. The van der Waals surface area contributed by atoms with Crippen LogP contribution in [0.25, 0.3) is 0 Å². The first-order chi connectivity index (χ1) is 7.02. The van der Waals surface area contributed by atoms with Crippen LogP contribution in [-0.4, -0.2) is 25.8 Å². The van der Waals surface area contributed by atoms with Crippen molar-refractivity contribution >= 4 is 23.9 Å². The van der Waals surface area contributed by atoms with Crippen LogP contribution < -0.4 is 0 Å². The lowest BCUT2D eigenvalue weighted by atomic mass is 10.1. The third-order valence-electron chi connectivity index (χ3n) is 1.63. The van der Waals surface area contributed by atoms with E-state index in [2.05, 4.69) is 4.74 Å². The SMILES string of the molecule is COC(=O)/C(C=O)=C(\Cl)CCCC(F)F. The number of hydrogen-bond donors (Lipinski definition) is 0. The zero-order chi connectivity index (χ0) is 11.8. The molecule has 0 unspecified atom stereocenters. The molecule has 0 N–H and O–H groups in total. The molecule has 0 rings (SSSR count). The molecular weight excluding hydrogens is 230 g/mol. The highest BCUT2D eigenvalue weighted by Crippen LogP contribution is 2.18. The molecule has 0 bridgehead atoms. The Morgan fingerprint density at radius 3 is 2.53 bits per heavy atom. The minimum absolute atomic E-state index is 0.0440. The Labute approximate surface area is 91.0 Å². The second kappa shape index (κ2) is 7.34. The number of methoxy groups -OCH3 is 1. The fourth-order valence-corrected chi connectivity index (χ4v) is 1.13. The number of allylic oxidation sites excluding steroid dienone is 1. The topological polar surface area (TPSA) is 43.4 Å². The van der Waals surface area contributed by atoms with Gasteiger partial charge in [0.25, 0.3) is 0 Å². The summed E-state index contributed by atoms with van der Waals surface area (Å²) >= 11 is 5.61. The molecule has 15 heavy (non-hydrogen) atoms. The Morgan fingerprint density at radius 2 is 2.13 bits per heavy atom. The molecule has 0 aliphatic heterocycles. The van der Waals surface area contributed by atoms with Crippen LogP contribution >= 0.6 is 11.6 Å². The van der Waals surface area contributed by atoms with Crippen LogP contribution in [0.3, 0.4) is 0 Å². The molecule has 0 aromatic rings. The van der Waals surface area contributed by atoms with Crippen molar-refractivity contribution in [2.24, 2.45) is 0 Å². The average Bonchev–Trinajstić information content (AvgIpc) is 2.18. The molecular formula is C9H11ClF2O3. The van der Waals surface area contributed by atoms with E-state index >= 15 is 0 Å². The van der Waals surface area contributed by atoms with Crippen molar-refractivity contribution in [2.75, 3.05) is 7.11 Å². The van der Waals surface area contributed by atoms with Gasteiger partial charge in [-0.2, -0.15) is 0 Å². The zero-order valence-electron chi connectivity index (χ0n) is 8.13. The second-order valence-corrected chi connectivity index (χ2v) is 3.17. The maximum atomic E-state index is 11.8. The summed E-state index contributed by atoms with van der Waals surface area (Å²) < 4.78 is 27.8. The molecule has 0 atom stereocenters. The Bertz CT molecular complexity index is 264. The van der Waals surface area contributed by atoms with E-state index in [0.29, 0.717) is 0 Å². The summed E-state index contributed by atoms with van der Waals surface area (Å²) in [6.07, 6.45) is -2.28. The molecule has 0 aliphatic rings. The van der Waals surface area contributed by atoms with Crippen molar-refractivity contribution < 1.29 is 23.1 Å². The first kappa shape index (κ1) is 14.0. The van der Waals surface area contributed by atoms with Crippen molar-refractivity contribution in [3.63, 3.8) is 0 Å². The van der Waals surface area contributed by atoms with Crippen molar-refractivity contribution in [3.05, 3.63) is 10.6 Å². The highest BCUT2D eigenvalue weighted by atomic mass is 35.5. The van der Waals surface area contributed by atoms with Gasteiger partial charge in [-0.1, -0.05) is 11.6 Å². The second-order valence-electron chi connectivity index (χ2n) is 2.71. The lowest BCUT2D eigenvalue weighted by molar-refractivity contribution is -0.136. The van der Waals surface area contributed by atoms with Crippen molar-refractivity contribution in [1.29, 1.82) is 0 Å². The summed E-state index contributed by atoms with van der Waals surface area (Å²) in [6.45, 7) is 0. The normalized spacial score (nSPS) is 12.3. The molecule has 3 nitrogen and oxygen atoms in total. The van der Waals surface area contributed by atoms with Crippen LogP contribution in [0.5, 0.6) is 0 Å². The molecule has 0 aromatic carbocycles. The highest BCUT2D eigenvalue weighted by molar-refractivity contribution is 6.34. The molecule has 6 heteroatoms. The van der Waals surface area contributed by atoms with Crippen LogP contribution in [0.1, 0.15) is 19.3 Å². The van der Waals surface area contributed by atoms with Crippen LogP contribution in [-0.2, 0) is 14.3 Å². The maximum Gasteiger partial charge on any atom is 0.342 e. The van der Waals surface area contributed by atoms with E-state index in [1.165, 1.54) is 0 Å². The quantitative estimate of drug-likeness (QED) is 0.235.